The summed E-state index contributed by atoms with van der Waals surface area (Å²) in [4.78, 5) is 14.7. The fourth-order valence-corrected chi connectivity index (χ4v) is 3.74. The van der Waals surface area contributed by atoms with Crippen molar-refractivity contribution in [3.63, 3.8) is 0 Å². The Morgan fingerprint density at radius 2 is 1.26 bits per heavy atom. The van der Waals surface area contributed by atoms with E-state index in [4.69, 9.17) is 0 Å². The fourth-order valence-electron chi connectivity index (χ4n) is 3.74. The molecule has 3 heteroatoms. The molecular formula is C24H23NO2. The van der Waals surface area contributed by atoms with Crippen LogP contribution >= 0.6 is 0 Å². The lowest BCUT2D eigenvalue weighted by molar-refractivity contribution is -0.0211. The minimum Gasteiger partial charge on any atom is -0.385 e. The molecule has 3 aromatic carbocycles. The highest BCUT2D eigenvalue weighted by Crippen LogP contribution is 2.33. The van der Waals surface area contributed by atoms with E-state index in [-0.39, 0.29) is 5.91 Å². The summed E-state index contributed by atoms with van der Waals surface area (Å²) in [5.74, 6) is 0.0322. The van der Waals surface area contributed by atoms with E-state index in [1.54, 1.807) is 0 Å². The highest BCUT2D eigenvalue weighted by atomic mass is 16.3. The van der Waals surface area contributed by atoms with Crippen molar-refractivity contribution in [3.05, 3.63) is 96.1 Å². The molecule has 4 rings (SSSR count). The summed E-state index contributed by atoms with van der Waals surface area (Å²) < 4.78 is 0. The van der Waals surface area contributed by atoms with E-state index in [0.717, 1.165) is 16.7 Å². The van der Waals surface area contributed by atoms with Crippen molar-refractivity contribution in [2.75, 3.05) is 13.1 Å². The number of amides is 1. The zero-order valence-corrected chi connectivity index (χ0v) is 15.2. The molecule has 1 aliphatic heterocycles. The Morgan fingerprint density at radius 3 is 1.85 bits per heavy atom. The number of aliphatic hydroxyl groups is 1. The van der Waals surface area contributed by atoms with Crippen molar-refractivity contribution in [1.29, 1.82) is 0 Å². The van der Waals surface area contributed by atoms with Gasteiger partial charge in [0.15, 0.2) is 0 Å². The summed E-state index contributed by atoms with van der Waals surface area (Å²) in [6.45, 7) is 1.12. The highest BCUT2D eigenvalue weighted by molar-refractivity contribution is 5.94. The number of hydrogen-bond acceptors (Lipinski definition) is 2. The van der Waals surface area contributed by atoms with Crippen molar-refractivity contribution >= 4 is 5.91 Å². The number of hydrogen-bond donors (Lipinski definition) is 1. The van der Waals surface area contributed by atoms with Crippen LogP contribution in [-0.4, -0.2) is 29.0 Å². The van der Waals surface area contributed by atoms with Crippen molar-refractivity contribution in [3.8, 4) is 11.1 Å². The SMILES string of the molecule is O=C(c1ccc(-c2ccccc2)cc1)N1CCC(O)(c2ccccc2)CC1. The molecule has 0 aliphatic carbocycles. The summed E-state index contributed by atoms with van der Waals surface area (Å²) in [6.07, 6.45) is 1.12. The minimum absolute atomic E-state index is 0.0322. The predicted molar refractivity (Wildman–Crippen MR) is 107 cm³/mol. The van der Waals surface area contributed by atoms with Crippen LogP contribution in [0.3, 0.4) is 0 Å². The van der Waals surface area contributed by atoms with E-state index in [2.05, 4.69) is 12.1 Å². The van der Waals surface area contributed by atoms with Gasteiger partial charge in [-0.3, -0.25) is 4.79 Å². The van der Waals surface area contributed by atoms with Gasteiger partial charge in [0.1, 0.15) is 0 Å². The van der Waals surface area contributed by atoms with Gasteiger partial charge >= 0.3 is 0 Å². The van der Waals surface area contributed by atoms with Crippen LogP contribution in [0.15, 0.2) is 84.9 Å². The molecule has 3 nitrogen and oxygen atoms in total. The molecule has 0 bridgehead atoms. The first kappa shape index (κ1) is 17.5. The van der Waals surface area contributed by atoms with E-state index >= 15 is 0 Å². The Morgan fingerprint density at radius 1 is 0.741 bits per heavy atom. The molecule has 0 unspecified atom stereocenters. The normalized spacial score (nSPS) is 16.1. The highest BCUT2D eigenvalue weighted by Gasteiger charge is 2.35. The molecule has 1 heterocycles. The lowest BCUT2D eigenvalue weighted by atomic mass is 9.84. The summed E-state index contributed by atoms with van der Waals surface area (Å²) >= 11 is 0. The fraction of sp³-hybridized carbons (Fsp3) is 0.208. The van der Waals surface area contributed by atoms with Crippen molar-refractivity contribution in [2.24, 2.45) is 0 Å². The lowest BCUT2D eigenvalue weighted by Gasteiger charge is -2.38. The maximum absolute atomic E-state index is 12.8. The van der Waals surface area contributed by atoms with Crippen LogP contribution in [0.5, 0.6) is 0 Å². The summed E-state index contributed by atoms with van der Waals surface area (Å²) in [7, 11) is 0. The zero-order valence-electron chi connectivity index (χ0n) is 15.2. The van der Waals surface area contributed by atoms with Gasteiger partial charge in [-0.15, -0.1) is 0 Å². The van der Waals surface area contributed by atoms with Crippen LogP contribution in [0.25, 0.3) is 11.1 Å². The topological polar surface area (TPSA) is 40.5 Å². The average Bonchev–Trinajstić information content (AvgIpc) is 2.75. The number of piperidine rings is 1. The van der Waals surface area contributed by atoms with E-state index in [1.165, 1.54) is 0 Å². The van der Waals surface area contributed by atoms with Gasteiger partial charge in [0.05, 0.1) is 5.60 Å². The van der Waals surface area contributed by atoms with Gasteiger partial charge in [-0.2, -0.15) is 0 Å². The van der Waals surface area contributed by atoms with E-state index < -0.39 is 5.60 Å². The molecule has 136 valence electrons. The van der Waals surface area contributed by atoms with E-state index in [0.29, 0.717) is 31.5 Å². The van der Waals surface area contributed by atoms with Gasteiger partial charge in [0.25, 0.3) is 5.91 Å². The molecule has 27 heavy (non-hydrogen) atoms. The van der Waals surface area contributed by atoms with Gasteiger partial charge < -0.3 is 10.0 Å². The number of likely N-dealkylation sites (tertiary alicyclic amines) is 1. The standard InChI is InChI=1S/C24H23NO2/c26-23(21-13-11-20(12-14-21)19-7-3-1-4-8-19)25-17-15-24(27,16-18-25)22-9-5-2-6-10-22/h1-14,27H,15-18H2. The second-order valence-corrected chi connectivity index (χ2v) is 7.13. The Kier molecular flexibility index (Phi) is 4.78. The van der Waals surface area contributed by atoms with E-state index in [1.807, 2.05) is 77.7 Å². The molecule has 1 fully saturated rings. The second-order valence-electron chi connectivity index (χ2n) is 7.13. The number of carbonyl (C=O) groups is 1. The third kappa shape index (κ3) is 3.64. The monoisotopic (exact) mass is 357 g/mol. The Labute approximate surface area is 159 Å². The molecule has 1 N–H and O–H groups in total. The molecule has 0 radical (unpaired) electrons. The molecular weight excluding hydrogens is 334 g/mol. The first-order chi connectivity index (χ1) is 13.2. The minimum atomic E-state index is -0.838. The van der Waals surface area contributed by atoms with Crippen molar-refractivity contribution in [1.82, 2.24) is 4.90 Å². The Balaban J connectivity index is 1.44. The van der Waals surface area contributed by atoms with Gasteiger partial charge in [0, 0.05) is 18.7 Å². The smallest absolute Gasteiger partial charge is 0.253 e. The van der Waals surface area contributed by atoms with Crippen LogP contribution in [0.4, 0.5) is 0 Å². The molecule has 1 amide bonds. The average molecular weight is 357 g/mol. The predicted octanol–water partition coefficient (Wildman–Crippen LogP) is 4.48. The van der Waals surface area contributed by atoms with Crippen molar-refractivity contribution < 1.29 is 9.90 Å². The quantitative estimate of drug-likeness (QED) is 0.751. The molecule has 3 aromatic rings. The van der Waals surface area contributed by atoms with Gasteiger partial charge in [0.2, 0.25) is 0 Å². The number of carbonyl (C=O) groups excluding carboxylic acids is 1. The molecule has 0 saturated carbocycles. The third-order valence-corrected chi connectivity index (χ3v) is 5.43. The van der Waals surface area contributed by atoms with Crippen LogP contribution < -0.4 is 0 Å². The summed E-state index contributed by atoms with van der Waals surface area (Å²) in [5.41, 5.74) is 3.03. The molecule has 0 atom stereocenters. The van der Waals surface area contributed by atoms with Crippen LogP contribution in [0.2, 0.25) is 0 Å². The molecule has 1 saturated heterocycles. The zero-order chi connectivity index (χ0) is 18.7. The lowest BCUT2D eigenvalue weighted by Crippen LogP contribution is -2.45. The van der Waals surface area contributed by atoms with Crippen LogP contribution in [-0.2, 0) is 5.60 Å². The largest absolute Gasteiger partial charge is 0.385 e. The Bertz CT molecular complexity index is 896. The summed E-state index contributed by atoms with van der Waals surface area (Å²) in [5, 5.41) is 10.9. The maximum Gasteiger partial charge on any atom is 0.253 e. The number of benzene rings is 3. The summed E-state index contributed by atoms with van der Waals surface area (Å²) in [6, 6.07) is 27.7. The Hall–Kier alpha value is -2.91. The molecule has 1 aliphatic rings. The first-order valence-electron chi connectivity index (χ1n) is 9.38. The molecule has 0 spiro atoms. The number of rotatable bonds is 3. The van der Waals surface area contributed by atoms with Crippen LogP contribution in [0.1, 0.15) is 28.8 Å². The second kappa shape index (κ2) is 7.37. The number of nitrogens with zero attached hydrogens (tertiary/aromatic N) is 1. The van der Waals surface area contributed by atoms with Gasteiger partial charge in [-0.25, -0.2) is 0 Å². The van der Waals surface area contributed by atoms with Gasteiger partial charge in [-0.05, 0) is 41.7 Å². The maximum atomic E-state index is 12.8. The third-order valence-electron chi connectivity index (χ3n) is 5.43. The van der Waals surface area contributed by atoms with Crippen LogP contribution in [0, 0.1) is 0 Å². The van der Waals surface area contributed by atoms with E-state index in [9.17, 15) is 9.90 Å². The first-order valence-corrected chi connectivity index (χ1v) is 9.38. The van der Waals surface area contributed by atoms with Gasteiger partial charge in [-0.1, -0.05) is 72.8 Å². The molecule has 0 aromatic heterocycles. The van der Waals surface area contributed by atoms with Crippen molar-refractivity contribution in [2.45, 2.75) is 18.4 Å².